The molecule has 4 nitrogen and oxygen atoms in total. The van der Waals surface area contributed by atoms with Gasteiger partial charge in [-0.1, -0.05) is 41.9 Å². The van der Waals surface area contributed by atoms with E-state index in [2.05, 4.69) is 5.32 Å². The van der Waals surface area contributed by atoms with Crippen molar-refractivity contribution in [3.63, 3.8) is 0 Å². The number of nitrogens with one attached hydrogen (secondary N) is 1. The third kappa shape index (κ3) is 4.32. The first-order chi connectivity index (χ1) is 12.1. The number of benzene rings is 2. The lowest BCUT2D eigenvalue weighted by molar-refractivity contribution is -0.135. The molecule has 0 radical (unpaired) electrons. The highest BCUT2D eigenvalue weighted by Gasteiger charge is 2.32. The highest BCUT2D eigenvalue weighted by Crippen LogP contribution is 2.31. The molecule has 0 aliphatic carbocycles. The molecule has 1 fully saturated rings. The molecule has 2 unspecified atom stereocenters. The molecule has 1 saturated heterocycles. The molecule has 2 aromatic rings. The van der Waals surface area contributed by atoms with E-state index in [1.165, 1.54) is 0 Å². The van der Waals surface area contributed by atoms with Crippen LogP contribution in [0.15, 0.2) is 48.5 Å². The highest BCUT2D eigenvalue weighted by atomic mass is 35.5. The minimum absolute atomic E-state index is 0. The summed E-state index contributed by atoms with van der Waals surface area (Å²) in [7, 11) is 1.64. The number of piperazine rings is 1. The lowest BCUT2D eigenvalue weighted by Gasteiger charge is -2.38. The quantitative estimate of drug-likeness (QED) is 0.850. The minimum atomic E-state index is -0.214. The van der Waals surface area contributed by atoms with E-state index < -0.39 is 0 Å². The molecule has 2 atom stereocenters. The Morgan fingerprint density at radius 3 is 2.58 bits per heavy atom. The number of carbonyl (C=O) groups is 1. The van der Waals surface area contributed by atoms with Crippen molar-refractivity contribution in [3.05, 3.63) is 64.7 Å². The maximum atomic E-state index is 13.2. The van der Waals surface area contributed by atoms with E-state index >= 15 is 0 Å². The van der Waals surface area contributed by atoms with E-state index in [9.17, 15) is 4.79 Å². The van der Waals surface area contributed by atoms with Gasteiger partial charge < -0.3 is 15.0 Å². The normalized spacial score (nSPS) is 18.0. The number of hydrogen-bond donors (Lipinski definition) is 1. The van der Waals surface area contributed by atoms with E-state index in [-0.39, 0.29) is 30.3 Å². The van der Waals surface area contributed by atoms with Crippen LogP contribution in [0.1, 0.15) is 30.0 Å². The van der Waals surface area contributed by atoms with Crippen molar-refractivity contribution in [2.75, 3.05) is 26.7 Å². The molecular formula is C20H24Cl2N2O2. The first-order valence-electron chi connectivity index (χ1n) is 8.51. The maximum absolute atomic E-state index is 13.2. The Kier molecular flexibility index (Phi) is 7.33. The van der Waals surface area contributed by atoms with Crippen LogP contribution in [0, 0.1) is 0 Å². The minimum Gasteiger partial charge on any atom is -0.497 e. The number of methoxy groups -OCH3 is 1. The standard InChI is InChI=1S/C20H23ClN2O2.ClH/c1-14(15-7-9-16(25-2)10-8-15)20(24)23-12-11-22-13-19(23)17-5-3-4-6-18(17)21;/h3-10,14,19,22H,11-13H2,1-2H3;1H. The van der Waals surface area contributed by atoms with Gasteiger partial charge in [0.1, 0.15) is 5.75 Å². The smallest absolute Gasteiger partial charge is 0.230 e. The summed E-state index contributed by atoms with van der Waals surface area (Å²) in [6.45, 7) is 4.14. The van der Waals surface area contributed by atoms with E-state index in [0.29, 0.717) is 18.1 Å². The molecule has 2 aromatic carbocycles. The summed E-state index contributed by atoms with van der Waals surface area (Å²) in [5.74, 6) is 0.699. The van der Waals surface area contributed by atoms with Crippen LogP contribution in [-0.2, 0) is 4.79 Å². The van der Waals surface area contributed by atoms with Crippen LogP contribution < -0.4 is 10.1 Å². The van der Waals surface area contributed by atoms with Crippen LogP contribution in [0.25, 0.3) is 0 Å². The van der Waals surface area contributed by atoms with Crippen molar-refractivity contribution in [3.8, 4) is 5.75 Å². The van der Waals surface area contributed by atoms with Gasteiger partial charge in [0.05, 0.1) is 19.1 Å². The Morgan fingerprint density at radius 1 is 1.23 bits per heavy atom. The fraction of sp³-hybridized carbons (Fsp3) is 0.350. The van der Waals surface area contributed by atoms with Crippen molar-refractivity contribution >= 4 is 29.9 Å². The molecule has 1 heterocycles. The van der Waals surface area contributed by atoms with E-state index in [0.717, 1.165) is 23.4 Å². The van der Waals surface area contributed by atoms with Crippen LogP contribution in [0.3, 0.4) is 0 Å². The molecule has 1 amide bonds. The van der Waals surface area contributed by atoms with Gasteiger partial charge in [0.15, 0.2) is 0 Å². The zero-order valence-corrected chi connectivity index (χ0v) is 16.5. The summed E-state index contributed by atoms with van der Waals surface area (Å²) in [5, 5.41) is 4.07. The molecule has 26 heavy (non-hydrogen) atoms. The van der Waals surface area contributed by atoms with Gasteiger partial charge in [0, 0.05) is 24.7 Å². The number of ether oxygens (including phenoxy) is 1. The third-order valence-corrected chi connectivity index (χ3v) is 5.12. The van der Waals surface area contributed by atoms with Gasteiger partial charge in [-0.2, -0.15) is 0 Å². The van der Waals surface area contributed by atoms with E-state index in [1.807, 2.05) is 60.4 Å². The number of hydrogen-bond acceptors (Lipinski definition) is 3. The lowest BCUT2D eigenvalue weighted by atomic mass is 9.96. The Bertz CT molecular complexity index is 737. The zero-order chi connectivity index (χ0) is 17.8. The van der Waals surface area contributed by atoms with Gasteiger partial charge in [-0.05, 0) is 36.2 Å². The molecule has 3 rings (SSSR count). The fourth-order valence-electron chi connectivity index (χ4n) is 3.28. The Hall–Kier alpha value is -1.75. The predicted octanol–water partition coefficient (Wildman–Crippen LogP) is 4.05. The van der Waals surface area contributed by atoms with Gasteiger partial charge in [-0.25, -0.2) is 0 Å². The Morgan fingerprint density at radius 2 is 1.92 bits per heavy atom. The van der Waals surface area contributed by atoms with Crippen molar-refractivity contribution in [2.24, 2.45) is 0 Å². The average molecular weight is 395 g/mol. The van der Waals surface area contributed by atoms with Gasteiger partial charge in [-0.3, -0.25) is 4.79 Å². The molecule has 0 spiro atoms. The summed E-state index contributed by atoms with van der Waals surface area (Å²) in [5.41, 5.74) is 1.98. The maximum Gasteiger partial charge on any atom is 0.230 e. The van der Waals surface area contributed by atoms with Gasteiger partial charge >= 0.3 is 0 Å². The van der Waals surface area contributed by atoms with Crippen LogP contribution in [-0.4, -0.2) is 37.6 Å². The zero-order valence-electron chi connectivity index (χ0n) is 14.9. The summed E-state index contributed by atoms with van der Waals surface area (Å²) < 4.78 is 5.20. The second-order valence-electron chi connectivity index (χ2n) is 6.27. The number of halogens is 2. The molecule has 1 aliphatic rings. The lowest BCUT2D eigenvalue weighted by Crippen LogP contribution is -2.49. The molecule has 140 valence electrons. The summed E-state index contributed by atoms with van der Waals surface area (Å²) in [6.07, 6.45) is 0. The van der Waals surface area contributed by atoms with Crippen molar-refractivity contribution in [1.29, 1.82) is 0 Å². The third-order valence-electron chi connectivity index (χ3n) is 4.78. The van der Waals surface area contributed by atoms with Crippen LogP contribution in [0.2, 0.25) is 5.02 Å². The number of carbonyl (C=O) groups excluding carboxylic acids is 1. The summed E-state index contributed by atoms with van der Waals surface area (Å²) in [4.78, 5) is 15.1. The van der Waals surface area contributed by atoms with Crippen molar-refractivity contribution < 1.29 is 9.53 Å². The van der Waals surface area contributed by atoms with Gasteiger partial charge in [-0.15, -0.1) is 12.4 Å². The molecule has 0 aromatic heterocycles. The molecular weight excluding hydrogens is 371 g/mol. The monoisotopic (exact) mass is 394 g/mol. The van der Waals surface area contributed by atoms with Gasteiger partial charge in [0.2, 0.25) is 5.91 Å². The largest absolute Gasteiger partial charge is 0.497 e. The van der Waals surface area contributed by atoms with Crippen LogP contribution in [0.5, 0.6) is 5.75 Å². The van der Waals surface area contributed by atoms with Crippen LogP contribution in [0.4, 0.5) is 0 Å². The second kappa shape index (κ2) is 9.26. The van der Waals surface area contributed by atoms with E-state index in [4.69, 9.17) is 16.3 Å². The van der Waals surface area contributed by atoms with Gasteiger partial charge in [0.25, 0.3) is 0 Å². The van der Waals surface area contributed by atoms with Crippen molar-refractivity contribution in [1.82, 2.24) is 10.2 Å². The topological polar surface area (TPSA) is 41.6 Å². The molecule has 0 saturated carbocycles. The highest BCUT2D eigenvalue weighted by molar-refractivity contribution is 6.31. The fourth-order valence-corrected chi connectivity index (χ4v) is 3.54. The summed E-state index contributed by atoms with van der Waals surface area (Å²) in [6, 6.07) is 15.4. The van der Waals surface area contributed by atoms with Crippen molar-refractivity contribution in [2.45, 2.75) is 18.9 Å². The van der Waals surface area contributed by atoms with E-state index in [1.54, 1.807) is 7.11 Å². The number of nitrogens with zero attached hydrogens (tertiary/aromatic N) is 1. The second-order valence-corrected chi connectivity index (χ2v) is 6.68. The molecule has 0 bridgehead atoms. The number of rotatable bonds is 4. The SMILES string of the molecule is COc1ccc(C(C)C(=O)N2CCNCC2c2ccccc2Cl)cc1.Cl. The predicted molar refractivity (Wildman–Crippen MR) is 107 cm³/mol. The number of amides is 1. The summed E-state index contributed by atoms with van der Waals surface area (Å²) >= 11 is 6.38. The first-order valence-corrected chi connectivity index (χ1v) is 8.89. The first kappa shape index (κ1) is 20.6. The average Bonchev–Trinajstić information content (AvgIpc) is 2.67. The molecule has 1 N–H and O–H groups in total. The molecule has 6 heteroatoms. The Labute approximate surface area is 165 Å². The Balaban J connectivity index is 0.00000243. The van der Waals surface area contributed by atoms with Crippen LogP contribution >= 0.6 is 24.0 Å². The molecule has 1 aliphatic heterocycles.